The lowest BCUT2D eigenvalue weighted by molar-refractivity contribution is 0.290. The molecule has 180 valence electrons. The lowest BCUT2D eigenvalue weighted by atomic mass is 9.83. The van der Waals surface area contributed by atoms with Crippen molar-refractivity contribution in [3.8, 4) is 0 Å². The van der Waals surface area contributed by atoms with E-state index in [0.717, 1.165) is 55.2 Å². The Kier molecular flexibility index (Phi) is 7.79. The van der Waals surface area contributed by atoms with Gasteiger partial charge in [0.05, 0.1) is 0 Å². The minimum absolute atomic E-state index is 0.0345. The van der Waals surface area contributed by atoms with Crippen LogP contribution in [0.25, 0.3) is 0 Å². The Hall–Kier alpha value is -1.76. The van der Waals surface area contributed by atoms with Gasteiger partial charge in [0.2, 0.25) is 23.6 Å². The molecule has 0 spiro atoms. The highest BCUT2D eigenvalue weighted by Gasteiger charge is 2.28. The maximum atomic E-state index is 5.88. The topological polar surface area (TPSA) is 104 Å². The number of rotatable bonds is 2. The molecule has 2 aliphatic rings. The molecule has 0 unspecified atom stereocenters. The van der Waals surface area contributed by atoms with Crippen LogP contribution in [0.15, 0.2) is 8.83 Å². The Morgan fingerprint density at radius 3 is 1.34 bits per heavy atom. The first-order valence-electron chi connectivity index (χ1n) is 12.4. The Balaban J connectivity index is 0.000000181. The average molecular weight is 446 g/mol. The largest absolute Gasteiger partial charge is 0.424 e. The fourth-order valence-electron chi connectivity index (χ4n) is 4.28. The maximum Gasteiger partial charge on any atom is 0.221 e. The molecule has 2 aromatic heterocycles. The Morgan fingerprint density at radius 1 is 0.625 bits per heavy atom. The standard InChI is InChI=1S/C13H22N2O.C12H21N3O/c1-9-5-7-10(8-6-9)11-14-15-12(16-11)13(2,3)4;1-12(2,3)11-15-14-10(16-11)8-4-6-9(13)7-5-8/h9-10H,5-8H2,1-4H3;8-9H,4-7,13H2,1-3H3. The van der Waals surface area contributed by atoms with E-state index in [1.807, 2.05) is 0 Å². The molecule has 7 heteroatoms. The predicted octanol–water partition coefficient (Wildman–Crippen LogP) is 6.01. The van der Waals surface area contributed by atoms with Crippen molar-refractivity contribution in [2.75, 3.05) is 0 Å². The van der Waals surface area contributed by atoms with Gasteiger partial charge in [0.25, 0.3) is 0 Å². The maximum absolute atomic E-state index is 5.88. The van der Waals surface area contributed by atoms with Crippen LogP contribution in [-0.2, 0) is 10.8 Å². The van der Waals surface area contributed by atoms with Crippen LogP contribution in [0.4, 0.5) is 0 Å². The zero-order valence-corrected chi connectivity index (χ0v) is 21.1. The highest BCUT2D eigenvalue weighted by molar-refractivity contribution is 5.01. The minimum Gasteiger partial charge on any atom is -0.424 e. The van der Waals surface area contributed by atoms with Crippen molar-refractivity contribution in [3.05, 3.63) is 23.6 Å². The van der Waals surface area contributed by atoms with Crippen LogP contribution in [0.2, 0.25) is 0 Å². The molecule has 0 amide bonds. The van der Waals surface area contributed by atoms with Gasteiger partial charge in [0, 0.05) is 28.7 Å². The van der Waals surface area contributed by atoms with E-state index in [1.165, 1.54) is 25.7 Å². The number of aromatic nitrogens is 4. The summed E-state index contributed by atoms with van der Waals surface area (Å²) in [6.07, 6.45) is 9.27. The molecule has 2 fully saturated rings. The van der Waals surface area contributed by atoms with E-state index in [-0.39, 0.29) is 10.8 Å². The van der Waals surface area contributed by atoms with Gasteiger partial charge in [-0.2, -0.15) is 0 Å². The van der Waals surface area contributed by atoms with Gasteiger partial charge in [-0.1, -0.05) is 48.5 Å². The Labute approximate surface area is 193 Å². The van der Waals surface area contributed by atoms with Gasteiger partial charge in [-0.3, -0.25) is 0 Å². The van der Waals surface area contributed by atoms with Crippen LogP contribution in [-0.4, -0.2) is 26.4 Å². The second kappa shape index (κ2) is 10.0. The third-order valence-electron chi connectivity index (χ3n) is 6.65. The molecule has 0 aliphatic heterocycles. The van der Waals surface area contributed by atoms with Gasteiger partial charge in [-0.15, -0.1) is 20.4 Å². The molecule has 2 N–H and O–H groups in total. The summed E-state index contributed by atoms with van der Waals surface area (Å²) in [5, 5.41) is 16.7. The second-order valence-corrected chi connectivity index (χ2v) is 12.0. The molecule has 4 rings (SSSR count). The Morgan fingerprint density at radius 2 is 1.00 bits per heavy atom. The third-order valence-corrected chi connectivity index (χ3v) is 6.65. The van der Waals surface area contributed by atoms with E-state index in [2.05, 4.69) is 68.9 Å². The molecule has 2 heterocycles. The first-order chi connectivity index (χ1) is 14.9. The van der Waals surface area contributed by atoms with Gasteiger partial charge >= 0.3 is 0 Å². The summed E-state index contributed by atoms with van der Waals surface area (Å²) in [6.45, 7) is 14.9. The summed E-state index contributed by atoms with van der Waals surface area (Å²) in [4.78, 5) is 0. The number of hydrogen-bond donors (Lipinski definition) is 1. The fraction of sp³-hybridized carbons (Fsp3) is 0.840. The van der Waals surface area contributed by atoms with Gasteiger partial charge < -0.3 is 14.6 Å². The highest BCUT2D eigenvalue weighted by atomic mass is 16.4. The second-order valence-electron chi connectivity index (χ2n) is 12.0. The van der Waals surface area contributed by atoms with E-state index in [9.17, 15) is 0 Å². The highest BCUT2D eigenvalue weighted by Crippen LogP contribution is 2.36. The van der Waals surface area contributed by atoms with Gasteiger partial charge in [-0.05, 0) is 57.3 Å². The van der Waals surface area contributed by atoms with Crippen LogP contribution in [0.5, 0.6) is 0 Å². The summed E-state index contributed by atoms with van der Waals surface area (Å²) in [6, 6.07) is 0.362. The van der Waals surface area contributed by atoms with Crippen molar-refractivity contribution in [2.24, 2.45) is 11.7 Å². The summed E-state index contributed by atoms with van der Waals surface area (Å²) in [5.74, 6) is 4.94. The smallest absolute Gasteiger partial charge is 0.221 e. The van der Waals surface area contributed by atoms with E-state index >= 15 is 0 Å². The average Bonchev–Trinajstić information content (AvgIpc) is 3.39. The van der Waals surface area contributed by atoms with Gasteiger partial charge in [0.1, 0.15) is 0 Å². The number of nitrogens with zero attached hydrogens (tertiary/aromatic N) is 4. The summed E-state index contributed by atoms with van der Waals surface area (Å²) in [7, 11) is 0. The molecule has 2 saturated carbocycles. The van der Waals surface area contributed by atoms with Gasteiger partial charge in [-0.25, -0.2) is 0 Å². The molecule has 32 heavy (non-hydrogen) atoms. The molecular formula is C25H43N5O2. The lowest BCUT2D eigenvalue weighted by Crippen LogP contribution is -2.25. The molecule has 7 nitrogen and oxygen atoms in total. The van der Waals surface area contributed by atoms with Crippen LogP contribution in [0.1, 0.15) is 135 Å². The number of hydrogen-bond acceptors (Lipinski definition) is 7. The summed E-state index contributed by atoms with van der Waals surface area (Å²) < 4.78 is 11.6. The van der Waals surface area contributed by atoms with E-state index in [1.54, 1.807) is 0 Å². The van der Waals surface area contributed by atoms with Crippen molar-refractivity contribution in [1.29, 1.82) is 0 Å². The normalized spacial score (nSPS) is 27.0. The van der Waals surface area contributed by atoms with E-state index < -0.39 is 0 Å². The SMILES string of the molecule is CC(C)(C)c1nnc(C2CCC(N)CC2)o1.CC1CCC(c2nnc(C(C)(C)C)o2)CC1. The molecule has 0 radical (unpaired) electrons. The molecule has 0 atom stereocenters. The van der Waals surface area contributed by atoms with Crippen LogP contribution in [0, 0.1) is 5.92 Å². The zero-order chi connectivity index (χ0) is 23.5. The first kappa shape index (κ1) is 24.9. The first-order valence-corrected chi connectivity index (χ1v) is 12.4. The molecule has 0 aromatic carbocycles. The van der Waals surface area contributed by atoms with Crippen molar-refractivity contribution in [2.45, 2.75) is 129 Å². The molecular weight excluding hydrogens is 402 g/mol. The molecule has 0 bridgehead atoms. The minimum atomic E-state index is -0.0592. The molecule has 2 aromatic rings. The van der Waals surface area contributed by atoms with Crippen LogP contribution in [0.3, 0.4) is 0 Å². The Bertz CT molecular complexity index is 759. The molecule has 0 saturated heterocycles. The lowest BCUT2D eigenvalue weighted by Gasteiger charge is -2.23. The van der Waals surface area contributed by atoms with Gasteiger partial charge in [0.15, 0.2) is 0 Å². The quantitative estimate of drug-likeness (QED) is 0.603. The van der Waals surface area contributed by atoms with Crippen LogP contribution >= 0.6 is 0 Å². The summed E-state index contributed by atoms with van der Waals surface area (Å²) in [5.41, 5.74) is 5.79. The molecule has 2 aliphatic carbocycles. The predicted molar refractivity (Wildman–Crippen MR) is 126 cm³/mol. The monoisotopic (exact) mass is 445 g/mol. The van der Waals surface area contributed by atoms with E-state index in [0.29, 0.717) is 17.9 Å². The number of nitrogens with two attached hydrogens (primary N) is 1. The van der Waals surface area contributed by atoms with Crippen molar-refractivity contribution in [3.63, 3.8) is 0 Å². The summed E-state index contributed by atoms with van der Waals surface area (Å²) >= 11 is 0. The zero-order valence-electron chi connectivity index (χ0n) is 21.1. The van der Waals surface area contributed by atoms with Crippen molar-refractivity contribution >= 4 is 0 Å². The third kappa shape index (κ3) is 6.63. The van der Waals surface area contributed by atoms with Crippen molar-refractivity contribution in [1.82, 2.24) is 20.4 Å². The van der Waals surface area contributed by atoms with Crippen molar-refractivity contribution < 1.29 is 8.83 Å². The fourth-order valence-corrected chi connectivity index (χ4v) is 4.28. The van der Waals surface area contributed by atoms with E-state index in [4.69, 9.17) is 14.6 Å². The van der Waals surface area contributed by atoms with Crippen LogP contribution < -0.4 is 5.73 Å².